The Balaban J connectivity index is 1.23. The van der Waals surface area contributed by atoms with E-state index >= 15 is 0 Å². The molecule has 4 nitrogen and oxygen atoms in total. The molecule has 4 aromatic carbocycles. The van der Waals surface area contributed by atoms with E-state index in [2.05, 4.69) is 84.9 Å². The second-order valence-electron chi connectivity index (χ2n) is 11.1. The zero-order chi connectivity index (χ0) is 25.8. The fraction of sp³-hybridized carbons (Fsp3) is 0.257. The van der Waals surface area contributed by atoms with Crippen LogP contribution in [0.2, 0.25) is 0 Å². The van der Waals surface area contributed by atoms with E-state index in [1.165, 1.54) is 33.4 Å². The molecule has 0 radical (unpaired) electrons. The van der Waals surface area contributed by atoms with E-state index < -0.39 is 0 Å². The lowest BCUT2D eigenvalue weighted by molar-refractivity contribution is 0.318. The fourth-order valence-electron chi connectivity index (χ4n) is 7.28. The molecule has 2 heterocycles. The van der Waals surface area contributed by atoms with Gasteiger partial charge in [0.1, 0.15) is 25.3 Å². The third-order valence-corrected chi connectivity index (χ3v) is 9.03. The Morgan fingerprint density at radius 2 is 1.00 bits per heavy atom. The zero-order valence-electron chi connectivity index (χ0n) is 21.8. The molecule has 0 amide bonds. The molecular formula is C35H30N2O2. The summed E-state index contributed by atoms with van der Waals surface area (Å²) in [5.41, 5.74) is 10.3. The quantitative estimate of drug-likeness (QED) is 0.300. The number of benzene rings is 4. The van der Waals surface area contributed by atoms with Crippen LogP contribution in [0.15, 0.2) is 107 Å². The molecule has 4 aliphatic rings. The van der Waals surface area contributed by atoms with Crippen molar-refractivity contribution >= 4 is 11.8 Å². The summed E-state index contributed by atoms with van der Waals surface area (Å²) in [7, 11) is 0. The second-order valence-corrected chi connectivity index (χ2v) is 11.1. The van der Waals surface area contributed by atoms with Gasteiger partial charge >= 0.3 is 0 Å². The molecule has 2 atom stereocenters. The Labute approximate surface area is 229 Å². The molecule has 0 saturated carbocycles. The number of aliphatic imine (C=N–C) groups is 2. The highest BCUT2D eigenvalue weighted by Crippen LogP contribution is 2.55. The average molecular weight is 511 g/mol. The smallest absolute Gasteiger partial charge is 0.217 e. The summed E-state index contributed by atoms with van der Waals surface area (Å²) in [5, 5.41) is 0. The van der Waals surface area contributed by atoms with E-state index in [1.54, 1.807) is 0 Å². The minimum atomic E-state index is -0.0781. The van der Waals surface area contributed by atoms with Crippen LogP contribution in [0.3, 0.4) is 0 Å². The summed E-state index contributed by atoms with van der Waals surface area (Å²) < 4.78 is 12.6. The average Bonchev–Trinajstić information content (AvgIpc) is 3.81. The van der Waals surface area contributed by atoms with Crippen molar-refractivity contribution in [3.8, 4) is 0 Å². The van der Waals surface area contributed by atoms with Crippen molar-refractivity contribution in [3.63, 3.8) is 0 Å². The topological polar surface area (TPSA) is 43.2 Å². The number of ether oxygens (including phenoxy) is 2. The zero-order valence-corrected chi connectivity index (χ0v) is 21.8. The van der Waals surface area contributed by atoms with Gasteiger partial charge in [-0.3, -0.25) is 0 Å². The van der Waals surface area contributed by atoms with Gasteiger partial charge in [-0.2, -0.15) is 0 Å². The Morgan fingerprint density at radius 3 is 1.46 bits per heavy atom. The van der Waals surface area contributed by atoms with Gasteiger partial charge in [0.25, 0.3) is 0 Å². The van der Waals surface area contributed by atoms with Gasteiger partial charge in [0.05, 0.1) is 0 Å². The molecule has 0 saturated heterocycles. The van der Waals surface area contributed by atoms with Crippen molar-refractivity contribution in [2.24, 2.45) is 9.98 Å². The van der Waals surface area contributed by atoms with Crippen molar-refractivity contribution in [3.05, 3.63) is 142 Å². The molecule has 4 heteroatoms. The fourth-order valence-corrected chi connectivity index (χ4v) is 7.28. The van der Waals surface area contributed by atoms with Crippen LogP contribution in [0.4, 0.5) is 0 Å². The Kier molecular flexibility index (Phi) is 5.22. The molecule has 4 aromatic rings. The normalized spacial score (nSPS) is 22.2. The number of hydrogen-bond acceptors (Lipinski definition) is 4. The van der Waals surface area contributed by atoms with E-state index in [-0.39, 0.29) is 17.5 Å². The maximum atomic E-state index is 6.32. The molecule has 8 rings (SSSR count). The first-order chi connectivity index (χ1) is 19.3. The van der Waals surface area contributed by atoms with E-state index in [4.69, 9.17) is 19.5 Å². The van der Waals surface area contributed by atoms with Crippen LogP contribution < -0.4 is 0 Å². The van der Waals surface area contributed by atoms with Crippen LogP contribution in [0.25, 0.3) is 0 Å². The van der Waals surface area contributed by atoms with Crippen LogP contribution in [-0.4, -0.2) is 25.0 Å². The van der Waals surface area contributed by atoms with Gasteiger partial charge in [0, 0.05) is 16.5 Å². The predicted octanol–water partition coefficient (Wildman–Crippen LogP) is 6.90. The highest BCUT2D eigenvalue weighted by atomic mass is 16.5. The molecule has 1 spiro atoms. The first-order valence-corrected chi connectivity index (χ1v) is 14.1. The van der Waals surface area contributed by atoms with Gasteiger partial charge < -0.3 is 9.47 Å². The number of nitrogens with zero attached hydrogens (tertiary/aromatic N) is 2. The van der Waals surface area contributed by atoms with E-state index in [1.807, 2.05) is 12.1 Å². The molecule has 0 unspecified atom stereocenters. The molecule has 0 aromatic heterocycles. The van der Waals surface area contributed by atoms with Crippen LogP contribution in [0.5, 0.6) is 0 Å². The molecule has 0 fully saturated rings. The number of hydrogen-bond donors (Lipinski definition) is 0. The minimum absolute atomic E-state index is 0.0389. The Morgan fingerprint density at radius 1 is 0.538 bits per heavy atom. The van der Waals surface area contributed by atoms with E-state index in [0.29, 0.717) is 13.2 Å². The van der Waals surface area contributed by atoms with Crippen LogP contribution in [0.1, 0.15) is 69.4 Å². The lowest BCUT2D eigenvalue weighted by Gasteiger charge is -2.30. The monoisotopic (exact) mass is 510 g/mol. The molecular weight excluding hydrogens is 480 g/mol. The van der Waals surface area contributed by atoms with Crippen molar-refractivity contribution in [1.82, 2.24) is 0 Å². The Hall–Kier alpha value is -4.18. The van der Waals surface area contributed by atoms with Crippen molar-refractivity contribution < 1.29 is 9.47 Å². The lowest BCUT2D eigenvalue weighted by atomic mass is 9.73. The number of aryl methyl sites for hydroxylation is 2. The van der Waals surface area contributed by atoms with Crippen LogP contribution >= 0.6 is 0 Å². The molecule has 2 aliphatic heterocycles. The molecule has 0 N–H and O–H groups in total. The third-order valence-electron chi connectivity index (χ3n) is 9.03. The van der Waals surface area contributed by atoms with Crippen LogP contribution in [-0.2, 0) is 27.7 Å². The van der Waals surface area contributed by atoms with Crippen LogP contribution in [0, 0.1) is 0 Å². The Bertz CT molecular complexity index is 1500. The van der Waals surface area contributed by atoms with Gasteiger partial charge in [0.15, 0.2) is 0 Å². The summed E-state index contributed by atoms with van der Waals surface area (Å²) in [6, 6.07) is 34.4. The first-order valence-electron chi connectivity index (χ1n) is 14.1. The summed E-state index contributed by atoms with van der Waals surface area (Å²) in [6.45, 7) is 1.17. The number of fused-ring (bicyclic) bond motifs is 4. The standard InChI is InChI=1S/C35H30N2O2/c1-3-9-23(10-4-1)29-21-38-33(36-29)27-15-7-13-25-17-19-35(31(25)27)20-18-26-14-8-16-28(32(26)35)34-37-30(22-39-34)24-11-5-2-6-12-24/h1-16,29-30H,17-22H2/t29-,30-,35?/m0/s1. The maximum Gasteiger partial charge on any atom is 0.217 e. The van der Waals surface area contributed by atoms with E-state index in [0.717, 1.165) is 48.6 Å². The second kappa shape index (κ2) is 8.94. The molecule has 39 heavy (non-hydrogen) atoms. The lowest BCUT2D eigenvalue weighted by Crippen LogP contribution is -2.27. The van der Waals surface area contributed by atoms with Gasteiger partial charge in [-0.1, -0.05) is 84.9 Å². The van der Waals surface area contributed by atoms with Gasteiger partial charge in [-0.25, -0.2) is 9.98 Å². The number of rotatable bonds is 4. The molecule has 192 valence electrons. The summed E-state index contributed by atoms with van der Waals surface area (Å²) >= 11 is 0. The van der Waals surface area contributed by atoms with Gasteiger partial charge in [0.2, 0.25) is 11.8 Å². The highest BCUT2D eigenvalue weighted by Gasteiger charge is 2.49. The van der Waals surface area contributed by atoms with Crippen molar-refractivity contribution in [1.29, 1.82) is 0 Å². The predicted molar refractivity (Wildman–Crippen MR) is 154 cm³/mol. The van der Waals surface area contributed by atoms with Gasteiger partial charge in [-0.05, 0) is 71.2 Å². The summed E-state index contributed by atoms with van der Waals surface area (Å²) in [6.07, 6.45) is 4.31. The minimum Gasteiger partial charge on any atom is -0.475 e. The SMILES string of the molecule is c1ccc([C@@H]2COC(c3cccc4c3C3(CC4)CCc4cccc(C5=N[C@H](c6ccccc6)CO5)c43)=N2)cc1. The van der Waals surface area contributed by atoms with Crippen molar-refractivity contribution in [2.75, 3.05) is 13.2 Å². The van der Waals surface area contributed by atoms with Crippen molar-refractivity contribution in [2.45, 2.75) is 43.2 Å². The summed E-state index contributed by atoms with van der Waals surface area (Å²) in [4.78, 5) is 10.2. The maximum absolute atomic E-state index is 6.32. The summed E-state index contributed by atoms with van der Waals surface area (Å²) in [5.74, 6) is 1.57. The molecule has 0 bridgehead atoms. The molecule has 2 aliphatic carbocycles. The third kappa shape index (κ3) is 3.58. The van der Waals surface area contributed by atoms with E-state index in [9.17, 15) is 0 Å². The van der Waals surface area contributed by atoms with Gasteiger partial charge in [-0.15, -0.1) is 0 Å². The highest BCUT2D eigenvalue weighted by molar-refractivity contribution is 6.00. The largest absolute Gasteiger partial charge is 0.475 e. The first kappa shape index (κ1) is 22.8.